The molecule has 1 aliphatic heterocycles. The molecule has 0 radical (unpaired) electrons. The predicted octanol–water partition coefficient (Wildman–Crippen LogP) is 6.22. The van der Waals surface area contributed by atoms with Crippen molar-refractivity contribution in [2.75, 3.05) is 16.8 Å². The van der Waals surface area contributed by atoms with Crippen LogP contribution in [0.4, 0.5) is 5.69 Å². The summed E-state index contributed by atoms with van der Waals surface area (Å²) in [6.45, 7) is 0. The number of anilines is 1. The van der Waals surface area contributed by atoms with Crippen LogP contribution >= 0.6 is 23.1 Å². The van der Waals surface area contributed by atoms with Crippen LogP contribution in [0.3, 0.4) is 0 Å². The quantitative estimate of drug-likeness (QED) is 0.482. The first-order valence-corrected chi connectivity index (χ1v) is 11.6. The lowest BCUT2D eigenvalue weighted by molar-refractivity contribution is -0.116. The first-order valence-electron chi connectivity index (χ1n) is 9.61. The SMILES string of the molecule is O=C(CCCCC1CCSC1)Nc1ccc(-c2nc3ccccc3s2)cc1. The average Bonchev–Trinajstić information content (AvgIpc) is 3.35. The molecule has 0 bridgehead atoms. The zero-order valence-electron chi connectivity index (χ0n) is 15.3. The van der Waals surface area contributed by atoms with Gasteiger partial charge in [0.05, 0.1) is 10.2 Å². The average molecular weight is 397 g/mol. The Morgan fingerprint density at radius 1 is 1.11 bits per heavy atom. The maximum Gasteiger partial charge on any atom is 0.224 e. The van der Waals surface area contributed by atoms with E-state index < -0.39 is 0 Å². The Bertz CT molecular complexity index is 865. The topological polar surface area (TPSA) is 42.0 Å². The molecule has 1 N–H and O–H groups in total. The first-order chi connectivity index (χ1) is 13.3. The lowest BCUT2D eigenvalue weighted by Crippen LogP contribution is -2.11. The molecule has 2 aromatic carbocycles. The highest BCUT2D eigenvalue weighted by Gasteiger charge is 2.14. The third kappa shape index (κ3) is 4.90. The summed E-state index contributed by atoms with van der Waals surface area (Å²) < 4.78 is 1.20. The molecular formula is C22H24N2OS2. The number of rotatable bonds is 7. The maximum atomic E-state index is 12.2. The molecule has 1 amide bonds. The van der Waals surface area contributed by atoms with Crippen LogP contribution in [-0.4, -0.2) is 22.4 Å². The van der Waals surface area contributed by atoms with Gasteiger partial charge in [-0.2, -0.15) is 11.8 Å². The van der Waals surface area contributed by atoms with Gasteiger partial charge in [0.1, 0.15) is 5.01 Å². The third-order valence-electron chi connectivity index (χ3n) is 5.00. The number of benzene rings is 2. The van der Waals surface area contributed by atoms with E-state index >= 15 is 0 Å². The minimum Gasteiger partial charge on any atom is -0.326 e. The van der Waals surface area contributed by atoms with Crippen molar-refractivity contribution in [1.82, 2.24) is 4.98 Å². The number of aromatic nitrogens is 1. The van der Waals surface area contributed by atoms with E-state index in [0.717, 1.165) is 40.5 Å². The minimum atomic E-state index is 0.114. The van der Waals surface area contributed by atoms with Crippen LogP contribution in [0.5, 0.6) is 0 Å². The molecule has 0 saturated carbocycles. The summed E-state index contributed by atoms with van der Waals surface area (Å²) in [4.78, 5) is 16.8. The number of unbranched alkanes of at least 4 members (excludes halogenated alkanes) is 1. The van der Waals surface area contributed by atoms with Crippen molar-refractivity contribution in [2.45, 2.75) is 32.1 Å². The number of fused-ring (bicyclic) bond motifs is 1. The van der Waals surface area contributed by atoms with Gasteiger partial charge >= 0.3 is 0 Å². The number of hydrogen-bond donors (Lipinski definition) is 1. The molecule has 3 nitrogen and oxygen atoms in total. The van der Waals surface area contributed by atoms with Gasteiger partial charge in [-0.15, -0.1) is 11.3 Å². The molecule has 1 atom stereocenters. The highest BCUT2D eigenvalue weighted by atomic mass is 32.2. The molecule has 1 saturated heterocycles. The first kappa shape index (κ1) is 18.5. The van der Waals surface area contributed by atoms with E-state index in [1.54, 1.807) is 11.3 Å². The summed E-state index contributed by atoms with van der Waals surface area (Å²) >= 11 is 3.76. The van der Waals surface area contributed by atoms with E-state index in [0.29, 0.717) is 6.42 Å². The van der Waals surface area contributed by atoms with Crippen LogP contribution in [-0.2, 0) is 4.79 Å². The third-order valence-corrected chi connectivity index (χ3v) is 7.32. The van der Waals surface area contributed by atoms with Gasteiger partial charge in [0.2, 0.25) is 5.91 Å². The number of thioether (sulfide) groups is 1. The Morgan fingerprint density at radius 3 is 2.74 bits per heavy atom. The Balaban J connectivity index is 1.27. The summed E-state index contributed by atoms with van der Waals surface area (Å²) in [6.07, 6.45) is 5.39. The van der Waals surface area contributed by atoms with E-state index in [2.05, 4.69) is 28.1 Å². The maximum absolute atomic E-state index is 12.2. The highest BCUT2D eigenvalue weighted by molar-refractivity contribution is 7.99. The summed E-state index contributed by atoms with van der Waals surface area (Å²) in [5.41, 5.74) is 2.98. The van der Waals surface area contributed by atoms with Gasteiger partial charge in [-0.3, -0.25) is 4.79 Å². The summed E-state index contributed by atoms with van der Waals surface area (Å²) in [5, 5.41) is 4.03. The van der Waals surface area contributed by atoms with Crippen molar-refractivity contribution >= 4 is 44.9 Å². The Morgan fingerprint density at radius 2 is 1.96 bits per heavy atom. The van der Waals surface area contributed by atoms with Crippen molar-refractivity contribution in [3.8, 4) is 10.6 Å². The number of amides is 1. The number of nitrogens with zero attached hydrogens (tertiary/aromatic N) is 1. The van der Waals surface area contributed by atoms with E-state index in [-0.39, 0.29) is 5.91 Å². The molecule has 0 aliphatic carbocycles. The standard InChI is InChI=1S/C22H24N2OS2/c25-21(8-4-1-5-16-13-14-26-15-16)23-18-11-9-17(10-12-18)22-24-19-6-2-3-7-20(19)27-22/h2-3,6-7,9-12,16H,1,4-5,8,13-15H2,(H,23,25). The van der Waals surface area contributed by atoms with E-state index in [4.69, 9.17) is 0 Å². The molecule has 140 valence electrons. The predicted molar refractivity (Wildman–Crippen MR) is 118 cm³/mol. The molecule has 4 rings (SSSR count). The zero-order valence-corrected chi connectivity index (χ0v) is 17.0. The number of carbonyl (C=O) groups is 1. The second kappa shape index (κ2) is 8.89. The molecule has 1 unspecified atom stereocenters. The Kier molecular flexibility index (Phi) is 6.10. The van der Waals surface area contributed by atoms with E-state index in [1.165, 1.54) is 29.0 Å². The highest BCUT2D eigenvalue weighted by Crippen LogP contribution is 2.31. The fraction of sp³-hybridized carbons (Fsp3) is 0.364. The molecule has 2 heterocycles. The van der Waals surface area contributed by atoms with Crippen molar-refractivity contribution in [3.63, 3.8) is 0 Å². The summed E-state index contributed by atoms with van der Waals surface area (Å²) in [7, 11) is 0. The normalized spacial score (nSPS) is 16.7. The molecular weight excluding hydrogens is 372 g/mol. The van der Waals surface area contributed by atoms with Gasteiger partial charge in [-0.25, -0.2) is 4.98 Å². The largest absolute Gasteiger partial charge is 0.326 e. The number of thiazole rings is 1. The van der Waals surface area contributed by atoms with Crippen LogP contribution in [0.1, 0.15) is 32.1 Å². The second-order valence-corrected chi connectivity index (χ2v) is 9.27. The van der Waals surface area contributed by atoms with Crippen LogP contribution in [0.25, 0.3) is 20.8 Å². The van der Waals surface area contributed by atoms with Gasteiger partial charge in [-0.1, -0.05) is 18.6 Å². The van der Waals surface area contributed by atoms with Crippen LogP contribution < -0.4 is 5.32 Å². The summed E-state index contributed by atoms with van der Waals surface area (Å²) in [5.74, 6) is 3.63. The lowest BCUT2D eigenvalue weighted by atomic mass is 10.0. The fourth-order valence-electron chi connectivity index (χ4n) is 3.44. The Labute approximate surface area is 168 Å². The van der Waals surface area contributed by atoms with Gasteiger partial charge in [0.15, 0.2) is 0 Å². The van der Waals surface area contributed by atoms with Crippen LogP contribution in [0.2, 0.25) is 0 Å². The number of nitrogens with one attached hydrogen (secondary N) is 1. The second-order valence-electron chi connectivity index (χ2n) is 7.09. The molecule has 5 heteroatoms. The fourth-order valence-corrected chi connectivity index (χ4v) is 5.75. The van der Waals surface area contributed by atoms with Crippen molar-refractivity contribution in [2.24, 2.45) is 5.92 Å². The molecule has 1 aromatic heterocycles. The number of para-hydroxylation sites is 1. The van der Waals surface area contributed by atoms with Gasteiger partial charge in [0, 0.05) is 17.7 Å². The molecule has 1 aliphatic rings. The van der Waals surface area contributed by atoms with Crippen molar-refractivity contribution in [1.29, 1.82) is 0 Å². The van der Waals surface area contributed by atoms with E-state index in [9.17, 15) is 4.79 Å². The van der Waals surface area contributed by atoms with Crippen LogP contribution in [0, 0.1) is 5.92 Å². The molecule has 0 spiro atoms. The molecule has 3 aromatic rings. The van der Waals surface area contributed by atoms with Crippen LogP contribution in [0.15, 0.2) is 48.5 Å². The monoisotopic (exact) mass is 396 g/mol. The van der Waals surface area contributed by atoms with Gasteiger partial charge in [-0.05, 0) is 73.1 Å². The Hall–Kier alpha value is -1.85. The van der Waals surface area contributed by atoms with Crippen molar-refractivity contribution < 1.29 is 4.79 Å². The molecule has 27 heavy (non-hydrogen) atoms. The molecule has 1 fully saturated rings. The lowest BCUT2D eigenvalue weighted by Gasteiger charge is -2.08. The van der Waals surface area contributed by atoms with Gasteiger partial charge in [0.25, 0.3) is 0 Å². The minimum absolute atomic E-state index is 0.114. The number of hydrogen-bond acceptors (Lipinski definition) is 4. The van der Waals surface area contributed by atoms with Gasteiger partial charge < -0.3 is 5.32 Å². The summed E-state index contributed by atoms with van der Waals surface area (Å²) in [6, 6.07) is 16.2. The van der Waals surface area contributed by atoms with Crippen molar-refractivity contribution in [3.05, 3.63) is 48.5 Å². The van der Waals surface area contributed by atoms with E-state index in [1.807, 2.05) is 42.5 Å². The zero-order chi connectivity index (χ0) is 18.5. The number of carbonyl (C=O) groups excluding carboxylic acids is 1. The smallest absolute Gasteiger partial charge is 0.224 e.